The SMILES string of the molecule is CC(=O)OC(SC1=NOC(C#N)C1)c1ccccc1Br. The maximum Gasteiger partial charge on any atom is 0.304 e. The Morgan fingerprint density at radius 3 is 3.00 bits per heavy atom. The number of thioether (sulfide) groups is 1. The van der Waals surface area contributed by atoms with Crippen LogP contribution in [0.3, 0.4) is 0 Å². The molecule has 0 amide bonds. The van der Waals surface area contributed by atoms with Gasteiger partial charge in [0.1, 0.15) is 11.1 Å². The number of nitriles is 1. The number of benzene rings is 1. The molecule has 1 aromatic carbocycles. The Bertz CT molecular complexity index is 585. The number of oxime groups is 1. The highest BCUT2D eigenvalue weighted by Gasteiger charge is 2.27. The summed E-state index contributed by atoms with van der Waals surface area (Å²) in [5.41, 5.74) is 0.304. The molecule has 0 spiro atoms. The van der Waals surface area contributed by atoms with Crippen molar-refractivity contribution in [2.24, 2.45) is 5.16 Å². The molecule has 20 heavy (non-hydrogen) atoms. The third-order valence-electron chi connectivity index (χ3n) is 2.46. The van der Waals surface area contributed by atoms with Gasteiger partial charge in [0.05, 0.1) is 6.42 Å². The fourth-order valence-corrected chi connectivity index (χ4v) is 3.33. The third-order valence-corrected chi connectivity index (χ3v) is 4.26. The number of carbonyl (C=O) groups excluding carboxylic acids is 1. The van der Waals surface area contributed by atoms with E-state index in [2.05, 4.69) is 21.1 Å². The van der Waals surface area contributed by atoms with Crippen molar-refractivity contribution >= 4 is 38.7 Å². The zero-order chi connectivity index (χ0) is 14.5. The van der Waals surface area contributed by atoms with Crippen molar-refractivity contribution in [3.8, 4) is 6.07 Å². The van der Waals surface area contributed by atoms with E-state index in [1.54, 1.807) is 0 Å². The van der Waals surface area contributed by atoms with Crippen LogP contribution >= 0.6 is 27.7 Å². The normalized spacial score (nSPS) is 18.6. The van der Waals surface area contributed by atoms with Crippen LogP contribution in [0.15, 0.2) is 33.9 Å². The van der Waals surface area contributed by atoms with Crippen LogP contribution in [0.2, 0.25) is 0 Å². The topological polar surface area (TPSA) is 71.7 Å². The molecule has 1 aliphatic heterocycles. The summed E-state index contributed by atoms with van der Waals surface area (Å²) in [7, 11) is 0. The van der Waals surface area contributed by atoms with Crippen LogP contribution in [0.25, 0.3) is 0 Å². The molecule has 2 unspecified atom stereocenters. The molecule has 2 atom stereocenters. The van der Waals surface area contributed by atoms with Gasteiger partial charge in [-0.15, -0.1) is 0 Å². The van der Waals surface area contributed by atoms with Crippen molar-refractivity contribution in [2.45, 2.75) is 24.9 Å². The highest BCUT2D eigenvalue weighted by molar-refractivity contribution is 9.10. The Balaban J connectivity index is 2.15. The smallest absolute Gasteiger partial charge is 0.304 e. The number of ether oxygens (including phenoxy) is 1. The number of esters is 1. The van der Waals surface area contributed by atoms with Crippen LogP contribution in [-0.2, 0) is 14.4 Å². The first kappa shape index (κ1) is 14.9. The number of nitrogens with zero attached hydrogens (tertiary/aromatic N) is 2. The summed E-state index contributed by atoms with van der Waals surface area (Å²) in [4.78, 5) is 16.2. The summed E-state index contributed by atoms with van der Waals surface area (Å²) in [6.07, 6.45) is -0.154. The van der Waals surface area contributed by atoms with Crippen molar-refractivity contribution in [1.29, 1.82) is 5.26 Å². The molecule has 2 rings (SSSR count). The third kappa shape index (κ3) is 3.74. The second-order valence-electron chi connectivity index (χ2n) is 3.99. The number of hydrogen-bond acceptors (Lipinski definition) is 6. The van der Waals surface area contributed by atoms with Gasteiger partial charge in [-0.05, 0) is 6.07 Å². The van der Waals surface area contributed by atoms with Gasteiger partial charge in [-0.3, -0.25) is 4.79 Å². The van der Waals surface area contributed by atoms with Gasteiger partial charge in [-0.25, -0.2) is 0 Å². The van der Waals surface area contributed by atoms with E-state index in [9.17, 15) is 4.79 Å². The summed E-state index contributed by atoms with van der Waals surface area (Å²) in [6.45, 7) is 1.36. The molecule has 0 saturated heterocycles. The van der Waals surface area contributed by atoms with Crippen molar-refractivity contribution in [3.63, 3.8) is 0 Å². The lowest BCUT2D eigenvalue weighted by Crippen LogP contribution is -2.09. The van der Waals surface area contributed by atoms with E-state index in [-0.39, 0.29) is 5.97 Å². The van der Waals surface area contributed by atoms with Crippen molar-refractivity contribution in [1.82, 2.24) is 0 Å². The van der Waals surface area contributed by atoms with Crippen molar-refractivity contribution in [3.05, 3.63) is 34.3 Å². The average molecular weight is 355 g/mol. The summed E-state index contributed by atoms with van der Waals surface area (Å²) in [5.74, 6) is -0.380. The van der Waals surface area contributed by atoms with Gasteiger partial charge in [0.2, 0.25) is 6.10 Å². The Kier molecular flexibility index (Phi) is 5.04. The zero-order valence-electron chi connectivity index (χ0n) is 10.6. The Morgan fingerprint density at radius 2 is 2.40 bits per heavy atom. The molecule has 1 heterocycles. The Hall–Kier alpha value is -1.52. The summed E-state index contributed by atoms with van der Waals surface area (Å²) >= 11 is 4.70. The van der Waals surface area contributed by atoms with Gasteiger partial charge in [0.15, 0.2) is 5.44 Å². The lowest BCUT2D eigenvalue weighted by atomic mass is 10.2. The molecular formula is C13H11BrN2O3S. The highest BCUT2D eigenvalue weighted by Crippen LogP contribution is 2.37. The second-order valence-corrected chi connectivity index (χ2v) is 5.98. The molecule has 0 radical (unpaired) electrons. The molecule has 104 valence electrons. The lowest BCUT2D eigenvalue weighted by Gasteiger charge is -2.17. The molecule has 1 aromatic rings. The van der Waals surface area contributed by atoms with Gasteiger partial charge in [-0.1, -0.05) is 51.0 Å². The minimum atomic E-state index is -0.560. The molecule has 7 heteroatoms. The van der Waals surface area contributed by atoms with E-state index in [1.165, 1.54) is 18.7 Å². The molecule has 5 nitrogen and oxygen atoms in total. The molecule has 0 aromatic heterocycles. The quantitative estimate of drug-likeness (QED) is 0.614. The highest BCUT2D eigenvalue weighted by atomic mass is 79.9. The number of carbonyl (C=O) groups is 1. The summed E-state index contributed by atoms with van der Waals surface area (Å²) in [5, 5.41) is 13.3. The maximum atomic E-state index is 11.3. The average Bonchev–Trinajstić information content (AvgIpc) is 2.86. The molecule has 0 N–H and O–H groups in total. The van der Waals surface area contributed by atoms with Crippen LogP contribution in [-0.4, -0.2) is 17.1 Å². The monoisotopic (exact) mass is 354 g/mol. The molecule has 1 aliphatic rings. The van der Waals surface area contributed by atoms with Gasteiger partial charge >= 0.3 is 5.97 Å². The largest absolute Gasteiger partial charge is 0.446 e. The minimum Gasteiger partial charge on any atom is -0.446 e. The predicted octanol–water partition coefficient (Wildman–Crippen LogP) is 3.37. The van der Waals surface area contributed by atoms with E-state index in [1.807, 2.05) is 30.3 Å². The summed E-state index contributed by atoms with van der Waals surface area (Å²) < 4.78 is 6.17. The molecule has 0 aliphatic carbocycles. The lowest BCUT2D eigenvalue weighted by molar-refractivity contribution is -0.142. The Labute approximate surface area is 129 Å². The van der Waals surface area contributed by atoms with Gasteiger partial charge in [-0.2, -0.15) is 5.26 Å². The van der Waals surface area contributed by atoms with Gasteiger partial charge < -0.3 is 9.57 Å². The Morgan fingerprint density at radius 1 is 1.65 bits per heavy atom. The van der Waals surface area contributed by atoms with Crippen molar-refractivity contribution in [2.75, 3.05) is 0 Å². The van der Waals surface area contributed by atoms with E-state index in [0.29, 0.717) is 11.5 Å². The first-order valence-corrected chi connectivity index (χ1v) is 7.48. The molecule has 0 bridgehead atoms. The molecular weight excluding hydrogens is 344 g/mol. The summed E-state index contributed by atoms with van der Waals surface area (Å²) in [6, 6.07) is 9.47. The van der Waals surface area contributed by atoms with Crippen LogP contribution in [0.4, 0.5) is 0 Å². The fraction of sp³-hybridized carbons (Fsp3) is 0.308. The van der Waals surface area contributed by atoms with Crippen LogP contribution < -0.4 is 0 Å². The van der Waals surface area contributed by atoms with Crippen LogP contribution in [0.1, 0.15) is 24.3 Å². The van der Waals surface area contributed by atoms with Gasteiger partial charge in [0.25, 0.3) is 0 Å². The molecule has 0 saturated carbocycles. The first-order valence-electron chi connectivity index (χ1n) is 5.80. The number of rotatable bonds is 3. The van der Waals surface area contributed by atoms with E-state index < -0.39 is 11.5 Å². The molecule has 0 fully saturated rings. The van der Waals surface area contributed by atoms with Crippen LogP contribution in [0.5, 0.6) is 0 Å². The minimum absolute atomic E-state index is 0.380. The number of halogens is 1. The standard InChI is InChI=1S/C13H11BrN2O3S/c1-8(17)18-13(10-4-2-3-5-11(10)14)20-12-6-9(7-15)19-16-12/h2-5,9,13H,6H2,1H3. The van der Waals surface area contributed by atoms with Crippen LogP contribution in [0, 0.1) is 11.3 Å². The van der Waals surface area contributed by atoms with Crippen molar-refractivity contribution < 1.29 is 14.4 Å². The van der Waals surface area contributed by atoms with E-state index in [0.717, 1.165) is 10.0 Å². The van der Waals surface area contributed by atoms with Gasteiger partial charge in [0, 0.05) is 17.0 Å². The first-order chi connectivity index (χ1) is 9.60. The fourth-order valence-electron chi connectivity index (χ4n) is 1.59. The predicted molar refractivity (Wildman–Crippen MR) is 78.8 cm³/mol. The number of hydrogen-bond donors (Lipinski definition) is 0. The second kappa shape index (κ2) is 6.77. The maximum absolute atomic E-state index is 11.3. The van der Waals surface area contributed by atoms with E-state index >= 15 is 0 Å². The zero-order valence-corrected chi connectivity index (χ0v) is 13.0. The van der Waals surface area contributed by atoms with E-state index in [4.69, 9.17) is 14.8 Å².